The minimum absolute atomic E-state index is 0.189. The number of hydrogen-bond acceptors (Lipinski definition) is 5. The second-order valence-electron chi connectivity index (χ2n) is 7.33. The summed E-state index contributed by atoms with van der Waals surface area (Å²) in [5.74, 6) is -2.21. The molecule has 1 aromatic carbocycles. The van der Waals surface area contributed by atoms with Gasteiger partial charge in [0.15, 0.2) is 0 Å². The lowest BCUT2D eigenvalue weighted by molar-refractivity contribution is -0.733. The van der Waals surface area contributed by atoms with Crippen LogP contribution >= 0.6 is 11.3 Å². The standard InChI is InChI=1S/C21H22N2O4S/c1-3-23-18(24)15-16(19(23)25)21(20(26)27-2,12-13-8-5-4-6-9-13)22-17(15)14-10-7-11-28-14/h4-11,15-17,22H,3,12H2,1-2H3/p+1/t15-,16+,17+,21-/m1/s1. The zero-order valence-corrected chi connectivity index (χ0v) is 16.6. The number of carbonyl (C=O) groups is 3. The highest BCUT2D eigenvalue weighted by Crippen LogP contribution is 2.46. The SMILES string of the molecule is CCN1C(=O)[C@@H]2[C@@H](C1=O)[C@](Cc1ccccc1)(C(=O)OC)[NH2+][C@H]2c1cccs1. The van der Waals surface area contributed by atoms with Gasteiger partial charge in [0, 0.05) is 13.0 Å². The molecule has 0 spiro atoms. The highest BCUT2D eigenvalue weighted by molar-refractivity contribution is 7.10. The predicted molar refractivity (Wildman–Crippen MR) is 103 cm³/mol. The summed E-state index contributed by atoms with van der Waals surface area (Å²) >= 11 is 1.54. The molecule has 0 aliphatic carbocycles. The van der Waals surface area contributed by atoms with Crippen molar-refractivity contribution in [3.63, 3.8) is 0 Å². The Kier molecular flexibility index (Phi) is 4.81. The first-order chi connectivity index (χ1) is 13.5. The molecule has 2 fully saturated rings. The third-order valence-corrected chi connectivity index (χ3v) is 6.93. The topological polar surface area (TPSA) is 80.3 Å². The van der Waals surface area contributed by atoms with Gasteiger partial charge in [-0.2, -0.15) is 0 Å². The van der Waals surface area contributed by atoms with Crippen molar-refractivity contribution >= 4 is 29.1 Å². The van der Waals surface area contributed by atoms with Crippen LogP contribution < -0.4 is 5.32 Å². The number of esters is 1. The van der Waals surface area contributed by atoms with Crippen LogP contribution in [-0.4, -0.2) is 41.9 Å². The van der Waals surface area contributed by atoms with Gasteiger partial charge < -0.3 is 10.1 Å². The van der Waals surface area contributed by atoms with Crippen molar-refractivity contribution in [1.29, 1.82) is 0 Å². The average molecular weight is 399 g/mol. The molecule has 2 aromatic rings. The molecule has 6 nitrogen and oxygen atoms in total. The minimum Gasteiger partial charge on any atom is -0.464 e. The number of rotatable bonds is 5. The molecule has 2 saturated heterocycles. The summed E-state index contributed by atoms with van der Waals surface area (Å²) in [5, 5.41) is 3.86. The quantitative estimate of drug-likeness (QED) is 0.604. The van der Waals surface area contributed by atoms with E-state index < -0.39 is 23.3 Å². The summed E-state index contributed by atoms with van der Waals surface area (Å²) in [6.07, 6.45) is 0.333. The molecule has 0 saturated carbocycles. The Balaban J connectivity index is 1.86. The molecule has 146 valence electrons. The molecule has 7 heteroatoms. The van der Waals surface area contributed by atoms with Crippen molar-refractivity contribution in [1.82, 2.24) is 4.90 Å². The van der Waals surface area contributed by atoms with Crippen LogP contribution in [0, 0.1) is 11.8 Å². The number of nitrogens with two attached hydrogens (primary N) is 1. The van der Waals surface area contributed by atoms with Crippen molar-refractivity contribution in [2.45, 2.75) is 24.9 Å². The van der Waals surface area contributed by atoms with Gasteiger partial charge in [-0.15, -0.1) is 11.3 Å². The van der Waals surface area contributed by atoms with Crippen LogP contribution in [0.3, 0.4) is 0 Å². The first-order valence-corrected chi connectivity index (χ1v) is 10.3. The van der Waals surface area contributed by atoms with E-state index in [4.69, 9.17) is 4.74 Å². The summed E-state index contributed by atoms with van der Waals surface area (Å²) in [6, 6.07) is 13.2. The number of quaternary nitrogens is 1. The Morgan fingerprint density at radius 3 is 2.54 bits per heavy atom. The number of nitrogens with zero attached hydrogens (tertiary/aromatic N) is 1. The molecule has 4 atom stereocenters. The van der Waals surface area contributed by atoms with Gasteiger partial charge in [0.05, 0.1) is 12.0 Å². The monoisotopic (exact) mass is 399 g/mol. The molecule has 3 heterocycles. The smallest absolute Gasteiger partial charge is 0.369 e. The van der Waals surface area contributed by atoms with Crippen molar-refractivity contribution in [2.75, 3.05) is 13.7 Å². The molecule has 0 radical (unpaired) electrons. The molecule has 4 rings (SSSR count). The van der Waals surface area contributed by atoms with Crippen LogP contribution in [0.4, 0.5) is 0 Å². The van der Waals surface area contributed by atoms with Crippen LogP contribution in [0.5, 0.6) is 0 Å². The van der Waals surface area contributed by atoms with Crippen molar-refractivity contribution in [3.8, 4) is 0 Å². The number of carbonyl (C=O) groups excluding carboxylic acids is 3. The number of ether oxygens (including phenoxy) is 1. The van der Waals surface area contributed by atoms with Gasteiger partial charge in [-0.25, -0.2) is 4.79 Å². The molecule has 28 heavy (non-hydrogen) atoms. The molecule has 2 aliphatic rings. The van der Waals surface area contributed by atoms with E-state index in [0.29, 0.717) is 13.0 Å². The maximum atomic E-state index is 13.3. The summed E-state index contributed by atoms with van der Waals surface area (Å²) in [5.41, 5.74) is -0.226. The maximum Gasteiger partial charge on any atom is 0.369 e. The summed E-state index contributed by atoms with van der Waals surface area (Å²) in [7, 11) is 1.34. The number of amides is 2. The fraction of sp³-hybridized carbons (Fsp3) is 0.381. The normalized spacial score (nSPS) is 29.2. The second-order valence-corrected chi connectivity index (χ2v) is 8.31. The molecule has 2 aliphatic heterocycles. The third-order valence-electron chi connectivity index (χ3n) is 5.95. The molecule has 2 N–H and O–H groups in total. The van der Waals surface area contributed by atoms with Crippen LogP contribution in [0.25, 0.3) is 0 Å². The van der Waals surface area contributed by atoms with E-state index >= 15 is 0 Å². The zero-order chi connectivity index (χ0) is 19.9. The second kappa shape index (κ2) is 7.14. The highest BCUT2D eigenvalue weighted by atomic mass is 32.1. The third kappa shape index (κ3) is 2.69. The number of hydrogen-bond donors (Lipinski definition) is 1. The van der Waals surface area contributed by atoms with Crippen LogP contribution in [0.1, 0.15) is 23.4 Å². The van der Waals surface area contributed by atoms with Gasteiger partial charge in [-0.3, -0.25) is 14.5 Å². The highest BCUT2D eigenvalue weighted by Gasteiger charge is 2.72. The van der Waals surface area contributed by atoms with E-state index in [2.05, 4.69) is 0 Å². The van der Waals surface area contributed by atoms with Gasteiger partial charge in [0.2, 0.25) is 17.4 Å². The largest absolute Gasteiger partial charge is 0.464 e. The molecule has 0 bridgehead atoms. The lowest BCUT2D eigenvalue weighted by Crippen LogP contribution is -2.98. The van der Waals surface area contributed by atoms with Crippen molar-refractivity contribution < 1.29 is 24.4 Å². The molecular formula is C21H23N2O4S+. The number of fused-ring (bicyclic) bond motifs is 1. The van der Waals surface area contributed by atoms with Crippen molar-refractivity contribution in [2.24, 2.45) is 11.8 Å². The number of likely N-dealkylation sites (tertiary alicyclic amines) is 1. The zero-order valence-electron chi connectivity index (χ0n) is 15.8. The van der Waals surface area contributed by atoms with Gasteiger partial charge in [-0.1, -0.05) is 36.4 Å². The molecule has 0 unspecified atom stereocenters. The number of imide groups is 1. The van der Waals surface area contributed by atoms with Crippen LogP contribution in [0.2, 0.25) is 0 Å². The summed E-state index contributed by atoms with van der Waals surface area (Å²) in [4.78, 5) is 41.8. The van der Waals surface area contributed by atoms with E-state index in [0.717, 1.165) is 10.4 Å². The fourth-order valence-corrected chi connectivity index (χ4v) is 5.64. The first-order valence-electron chi connectivity index (χ1n) is 9.40. The number of benzene rings is 1. The molecule has 2 amide bonds. The van der Waals surface area contributed by atoms with E-state index in [1.807, 2.05) is 53.2 Å². The minimum atomic E-state index is -1.16. The average Bonchev–Trinajstić information content (AvgIpc) is 3.40. The maximum absolute atomic E-state index is 13.3. The van der Waals surface area contributed by atoms with Gasteiger partial charge in [-0.05, 0) is 23.9 Å². The fourth-order valence-electron chi connectivity index (χ4n) is 4.79. The Bertz CT molecular complexity index is 898. The number of methoxy groups -OCH3 is 1. The van der Waals surface area contributed by atoms with Crippen LogP contribution in [-0.2, 0) is 25.5 Å². The Morgan fingerprint density at radius 1 is 1.18 bits per heavy atom. The van der Waals surface area contributed by atoms with Gasteiger partial charge in [0.1, 0.15) is 17.9 Å². The lowest BCUT2D eigenvalue weighted by Gasteiger charge is -2.29. The Hall–Kier alpha value is -2.51. The summed E-state index contributed by atoms with van der Waals surface area (Å²) < 4.78 is 5.19. The van der Waals surface area contributed by atoms with E-state index in [1.54, 1.807) is 18.3 Å². The van der Waals surface area contributed by atoms with Crippen molar-refractivity contribution in [3.05, 3.63) is 58.3 Å². The summed E-state index contributed by atoms with van der Waals surface area (Å²) in [6.45, 7) is 2.10. The Morgan fingerprint density at radius 2 is 1.93 bits per heavy atom. The lowest BCUT2D eigenvalue weighted by atomic mass is 9.76. The van der Waals surface area contributed by atoms with E-state index in [-0.39, 0.29) is 17.9 Å². The van der Waals surface area contributed by atoms with Crippen LogP contribution in [0.15, 0.2) is 47.8 Å². The predicted octanol–water partition coefficient (Wildman–Crippen LogP) is 1.14. The van der Waals surface area contributed by atoms with Gasteiger partial charge in [0.25, 0.3) is 0 Å². The van der Waals surface area contributed by atoms with Gasteiger partial charge >= 0.3 is 5.97 Å². The Labute approximate surface area is 167 Å². The number of thiophene rings is 1. The van der Waals surface area contributed by atoms with E-state index in [1.165, 1.54) is 12.0 Å². The molecular weight excluding hydrogens is 376 g/mol. The first kappa shape index (κ1) is 18.8. The van der Waals surface area contributed by atoms with E-state index in [9.17, 15) is 14.4 Å². The molecule has 1 aromatic heterocycles.